The van der Waals surface area contributed by atoms with Gasteiger partial charge in [0.05, 0.1) is 0 Å². The van der Waals surface area contributed by atoms with Gasteiger partial charge in [-0.05, 0) is 18.3 Å². The highest BCUT2D eigenvalue weighted by Gasteiger charge is 2.40. The topological polar surface area (TPSA) is 17.1 Å². The Kier molecular flexibility index (Phi) is 2.04. The van der Waals surface area contributed by atoms with Gasteiger partial charge >= 0.3 is 0 Å². The van der Waals surface area contributed by atoms with Crippen LogP contribution >= 0.6 is 0 Å². The first-order valence-corrected chi connectivity index (χ1v) is 4.10. The van der Waals surface area contributed by atoms with Gasteiger partial charge in [0.25, 0.3) is 0 Å². The van der Waals surface area contributed by atoms with Crippen LogP contribution in [0.3, 0.4) is 0 Å². The fourth-order valence-corrected chi connectivity index (χ4v) is 1.68. The third kappa shape index (κ3) is 1.60. The van der Waals surface area contributed by atoms with Crippen molar-refractivity contribution in [2.45, 2.75) is 39.8 Å². The van der Waals surface area contributed by atoms with Crippen molar-refractivity contribution in [2.75, 3.05) is 0 Å². The summed E-state index contributed by atoms with van der Waals surface area (Å²) in [4.78, 5) is 11.2. The first kappa shape index (κ1) is 8.69. The van der Waals surface area contributed by atoms with Crippen molar-refractivity contribution in [1.82, 2.24) is 0 Å². The number of carbonyl (C=O) groups is 1. The molecule has 0 aromatic carbocycles. The average molecular weight is 158 g/mol. The smallest absolute Gasteiger partial charge is 0.170 e. The summed E-state index contributed by atoms with van der Waals surface area (Å²) < 4.78 is 12.7. The molecule has 0 N–H and O–H groups in total. The molecule has 0 radical (unpaired) electrons. The Morgan fingerprint density at radius 1 is 1.36 bits per heavy atom. The molecule has 0 aliphatic heterocycles. The van der Waals surface area contributed by atoms with Crippen LogP contribution in [0.15, 0.2) is 0 Å². The normalized spacial score (nSPS) is 32.9. The van der Waals surface area contributed by atoms with Crippen LogP contribution in [0.25, 0.3) is 0 Å². The third-order valence-corrected chi connectivity index (χ3v) is 2.41. The summed E-state index contributed by atoms with van der Waals surface area (Å²) in [7, 11) is 0. The van der Waals surface area contributed by atoms with Gasteiger partial charge < -0.3 is 0 Å². The monoisotopic (exact) mass is 158 g/mol. The van der Waals surface area contributed by atoms with Crippen LogP contribution in [0.4, 0.5) is 4.39 Å². The van der Waals surface area contributed by atoms with Crippen LogP contribution in [0.5, 0.6) is 0 Å². The predicted octanol–water partition coefficient (Wildman–Crippen LogP) is 2.35. The zero-order valence-corrected chi connectivity index (χ0v) is 7.36. The van der Waals surface area contributed by atoms with Gasteiger partial charge in [-0.3, -0.25) is 4.79 Å². The molecular formula is C9H15FO. The van der Waals surface area contributed by atoms with Gasteiger partial charge in [-0.25, -0.2) is 4.39 Å². The maximum Gasteiger partial charge on any atom is 0.170 e. The second kappa shape index (κ2) is 2.58. The molecule has 1 aliphatic carbocycles. The largest absolute Gasteiger partial charge is 0.296 e. The van der Waals surface area contributed by atoms with E-state index in [2.05, 4.69) is 0 Å². The maximum atomic E-state index is 12.7. The quantitative estimate of drug-likeness (QED) is 0.529. The van der Waals surface area contributed by atoms with Crippen molar-refractivity contribution in [2.24, 2.45) is 11.3 Å². The molecule has 0 amide bonds. The van der Waals surface area contributed by atoms with E-state index in [4.69, 9.17) is 0 Å². The summed E-state index contributed by atoms with van der Waals surface area (Å²) in [5.41, 5.74) is -0.0576. The molecule has 2 atom stereocenters. The number of rotatable bonds is 0. The summed E-state index contributed by atoms with van der Waals surface area (Å²) >= 11 is 0. The Labute approximate surface area is 67.0 Å². The van der Waals surface area contributed by atoms with Gasteiger partial charge in [-0.15, -0.1) is 0 Å². The lowest BCUT2D eigenvalue weighted by Crippen LogP contribution is -2.26. The zero-order valence-electron chi connectivity index (χ0n) is 7.36. The van der Waals surface area contributed by atoms with Crippen LogP contribution in [-0.2, 0) is 4.79 Å². The van der Waals surface area contributed by atoms with Gasteiger partial charge in [-0.1, -0.05) is 20.8 Å². The highest BCUT2D eigenvalue weighted by atomic mass is 19.1. The fraction of sp³-hybridized carbons (Fsp3) is 0.889. The van der Waals surface area contributed by atoms with Crippen LogP contribution in [-0.4, -0.2) is 12.0 Å². The highest BCUT2D eigenvalue weighted by Crippen LogP contribution is 2.37. The number of carbonyl (C=O) groups excluding carboxylic acids is 1. The summed E-state index contributed by atoms with van der Waals surface area (Å²) in [6.45, 7) is 5.98. The van der Waals surface area contributed by atoms with E-state index in [1.807, 2.05) is 20.8 Å². The van der Waals surface area contributed by atoms with Gasteiger partial charge in [-0.2, -0.15) is 0 Å². The third-order valence-electron chi connectivity index (χ3n) is 2.41. The van der Waals surface area contributed by atoms with E-state index in [1.54, 1.807) is 0 Å². The summed E-state index contributed by atoms with van der Waals surface area (Å²) in [6.07, 6.45) is -0.0243. The number of halogens is 1. The Morgan fingerprint density at radius 3 is 2.09 bits per heavy atom. The Balaban J connectivity index is 2.70. The number of hydrogen-bond acceptors (Lipinski definition) is 1. The molecule has 64 valence electrons. The van der Waals surface area contributed by atoms with E-state index in [0.29, 0.717) is 6.42 Å². The van der Waals surface area contributed by atoms with Crippen LogP contribution in [0.2, 0.25) is 0 Å². The molecule has 0 spiro atoms. The lowest BCUT2D eigenvalue weighted by Gasteiger charge is -2.24. The molecule has 11 heavy (non-hydrogen) atoms. The maximum absolute atomic E-state index is 12.7. The lowest BCUT2D eigenvalue weighted by atomic mass is 9.79. The molecule has 0 aromatic heterocycles. The molecule has 1 saturated carbocycles. The number of hydrogen-bond donors (Lipinski definition) is 0. The van der Waals surface area contributed by atoms with Gasteiger partial charge in [0.15, 0.2) is 12.0 Å². The fourth-order valence-electron chi connectivity index (χ4n) is 1.68. The zero-order chi connectivity index (χ0) is 8.65. The number of Topliss-reactive ketones (excluding diaryl/α,β-unsaturated/α-hetero) is 1. The minimum atomic E-state index is -1.18. The van der Waals surface area contributed by atoms with Gasteiger partial charge in [0.1, 0.15) is 0 Å². The summed E-state index contributed by atoms with van der Waals surface area (Å²) in [6, 6.07) is 0. The molecule has 0 saturated heterocycles. The minimum Gasteiger partial charge on any atom is -0.296 e. The SMILES string of the molecule is CC(C)(C)C1CCC(F)C1=O. The van der Waals surface area contributed by atoms with E-state index in [-0.39, 0.29) is 17.1 Å². The minimum absolute atomic E-state index is 0.0576. The van der Waals surface area contributed by atoms with Crippen molar-refractivity contribution in [1.29, 1.82) is 0 Å². The standard InChI is InChI=1S/C9H15FO/c1-9(2,3)6-4-5-7(10)8(6)11/h6-7H,4-5H2,1-3H3. The molecular weight excluding hydrogens is 143 g/mol. The van der Waals surface area contributed by atoms with Crippen LogP contribution in [0, 0.1) is 11.3 Å². The first-order chi connectivity index (χ1) is 4.93. The Morgan fingerprint density at radius 2 is 1.91 bits per heavy atom. The van der Waals surface area contributed by atoms with Crippen LogP contribution in [0.1, 0.15) is 33.6 Å². The average Bonchev–Trinajstić information content (AvgIpc) is 2.11. The van der Waals surface area contributed by atoms with E-state index >= 15 is 0 Å². The van der Waals surface area contributed by atoms with E-state index in [9.17, 15) is 9.18 Å². The van der Waals surface area contributed by atoms with Crippen LogP contribution < -0.4 is 0 Å². The van der Waals surface area contributed by atoms with E-state index < -0.39 is 6.17 Å². The molecule has 0 aromatic rings. The first-order valence-electron chi connectivity index (χ1n) is 4.10. The molecule has 1 rings (SSSR count). The second-order valence-corrected chi connectivity index (χ2v) is 4.37. The Bertz CT molecular complexity index is 169. The van der Waals surface area contributed by atoms with Crippen molar-refractivity contribution >= 4 is 5.78 Å². The van der Waals surface area contributed by atoms with E-state index in [0.717, 1.165) is 6.42 Å². The highest BCUT2D eigenvalue weighted by molar-refractivity contribution is 5.87. The molecule has 2 heteroatoms. The molecule has 1 nitrogen and oxygen atoms in total. The second-order valence-electron chi connectivity index (χ2n) is 4.37. The summed E-state index contributed by atoms with van der Waals surface area (Å²) in [5, 5.41) is 0. The van der Waals surface area contributed by atoms with Crippen molar-refractivity contribution in [3.8, 4) is 0 Å². The molecule has 2 unspecified atom stereocenters. The summed E-state index contributed by atoms with van der Waals surface area (Å²) in [5.74, 6) is -0.241. The van der Waals surface area contributed by atoms with Gasteiger partial charge in [0.2, 0.25) is 0 Å². The predicted molar refractivity (Wildman–Crippen MR) is 42.1 cm³/mol. The van der Waals surface area contributed by atoms with Crippen molar-refractivity contribution < 1.29 is 9.18 Å². The Hall–Kier alpha value is -0.400. The van der Waals surface area contributed by atoms with Crippen molar-refractivity contribution in [3.63, 3.8) is 0 Å². The molecule has 1 fully saturated rings. The molecule has 0 bridgehead atoms. The molecule has 1 aliphatic rings. The van der Waals surface area contributed by atoms with Gasteiger partial charge in [0, 0.05) is 5.92 Å². The number of ketones is 1. The lowest BCUT2D eigenvalue weighted by molar-refractivity contribution is -0.127. The van der Waals surface area contributed by atoms with E-state index in [1.165, 1.54) is 0 Å². The number of alkyl halides is 1. The van der Waals surface area contributed by atoms with Crippen molar-refractivity contribution in [3.05, 3.63) is 0 Å². The molecule has 0 heterocycles.